The van der Waals surface area contributed by atoms with Gasteiger partial charge in [0.1, 0.15) is 17.7 Å². The molecule has 0 bridgehead atoms. The lowest BCUT2D eigenvalue weighted by molar-refractivity contribution is 0.0951. The van der Waals surface area contributed by atoms with Crippen molar-refractivity contribution in [2.75, 3.05) is 19.6 Å². The van der Waals surface area contributed by atoms with Gasteiger partial charge in [0.25, 0.3) is 5.91 Å². The van der Waals surface area contributed by atoms with Gasteiger partial charge in [0.05, 0.1) is 12.1 Å². The zero-order valence-electron chi connectivity index (χ0n) is 17.2. The summed E-state index contributed by atoms with van der Waals surface area (Å²) >= 11 is 0. The van der Waals surface area contributed by atoms with Crippen molar-refractivity contribution in [1.82, 2.24) is 20.9 Å². The van der Waals surface area contributed by atoms with Gasteiger partial charge in [-0.05, 0) is 31.2 Å². The summed E-state index contributed by atoms with van der Waals surface area (Å²) in [6, 6.07) is 16.1. The van der Waals surface area contributed by atoms with Crippen LogP contribution in [0.25, 0.3) is 11.5 Å². The second-order valence-electron chi connectivity index (χ2n) is 6.41. The predicted molar refractivity (Wildman–Crippen MR) is 131 cm³/mol. The first kappa shape index (κ1) is 24.2. The first-order valence-corrected chi connectivity index (χ1v) is 9.75. The van der Waals surface area contributed by atoms with E-state index in [1.165, 1.54) is 6.07 Å². The normalized spacial score (nSPS) is 10.8. The Labute approximate surface area is 198 Å². The fraction of sp³-hybridized carbons (Fsp3) is 0.227. The highest BCUT2D eigenvalue weighted by Gasteiger charge is 2.09. The maximum atomic E-state index is 12.1. The quantitative estimate of drug-likeness (QED) is 0.153. The minimum absolute atomic E-state index is 0. The Morgan fingerprint density at radius 1 is 1.03 bits per heavy atom. The molecule has 0 aliphatic carbocycles. The molecule has 2 aromatic carbocycles. The van der Waals surface area contributed by atoms with Crippen LogP contribution in [-0.4, -0.2) is 41.6 Å². The number of guanidine groups is 1. The molecule has 0 saturated heterocycles. The molecule has 0 unspecified atom stereocenters. The molecule has 31 heavy (non-hydrogen) atoms. The Balaban J connectivity index is 0.00000341. The van der Waals surface area contributed by atoms with E-state index in [-0.39, 0.29) is 41.2 Å². The monoisotopic (exact) mass is 535 g/mol. The summed E-state index contributed by atoms with van der Waals surface area (Å²) in [4.78, 5) is 21.1. The number of carbonyl (C=O) groups is 1. The first-order chi connectivity index (χ1) is 14.7. The number of aliphatic imine (C=N–C) groups is 1. The van der Waals surface area contributed by atoms with E-state index < -0.39 is 0 Å². The Morgan fingerprint density at radius 2 is 1.74 bits per heavy atom. The van der Waals surface area contributed by atoms with Crippen LogP contribution in [0.3, 0.4) is 0 Å². The number of para-hydroxylation sites is 1. The number of phenolic OH excluding ortho intramolecular Hbond substituents is 1. The van der Waals surface area contributed by atoms with Gasteiger partial charge in [-0.2, -0.15) is 0 Å². The molecule has 8 nitrogen and oxygen atoms in total. The highest BCUT2D eigenvalue weighted by atomic mass is 127. The summed E-state index contributed by atoms with van der Waals surface area (Å²) in [6.45, 7) is 3.87. The summed E-state index contributed by atoms with van der Waals surface area (Å²) in [5.74, 6) is 0.803. The molecule has 4 N–H and O–H groups in total. The van der Waals surface area contributed by atoms with Gasteiger partial charge in [-0.25, -0.2) is 9.98 Å². The highest BCUT2D eigenvalue weighted by Crippen LogP contribution is 2.18. The predicted octanol–water partition coefficient (Wildman–Crippen LogP) is 3.15. The van der Waals surface area contributed by atoms with Crippen molar-refractivity contribution in [3.05, 3.63) is 72.1 Å². The average Bonchev–Trinajstić information content (AvgIpc) is 3.25. The van der Waals surface area contributed by atoms with Crippen molar-refractivity contribution in [2.45, 2.75) is 13.5 Å². The lowest BCUT2D eigenvalue weighted by Crippen LogP contribution is -2.41. The molecule has 0 fully saturated rings. The van der Waals surface area contributed by atoms with Crippen LogP contribution >= 0.6 is 24.0 Å². The van der Waals surface area contributed by atoms with Crippen LogP contribution in [0.15, 0.2) is 70.3 Å². The number of hydrogen-bond acceptors (Lipinski definition) is 5. The largest absolute Gasteiger partial charge is 0.507 e. The number of amides is 1. The molecule has 3 aromatic rings. The lowest BCUT2D eigenvalue weighted by Gasteiger charge is -2.12. The number of benzene rings is 2. The topological polar surface area (TPSA) is 112 Å². The van der Waals surface area contributed by atoms with E-state index in [0.717, 1.165) is 11.3 Å². The van der Waals surface area contributed by atoms with Crippen LogP contribution in [0.2, 0.25) is 0 Å². The third-order valence-corrected chi connectivity index (χ3v) is 4.17. The first-order valence-electron chi connectivity index (χ1n) is 9.75. The van der Waals surface area contributed by atoms with E-state index in [2.05, 4.69) is 25.9 Å². The number of phenols is 1. The van der Waals surface area contributed by atoms with E-state index in [4.69, 9.17) is 4.42 Å². The average molecular weight is 535 g/mol. The third kappa shape index (κ3) is 7.28. The van der Waals surface area contributed by atoms with Gasteiger partial charge in [-0.1, -0.05) is 30.3 Å². The molecule has 1 heterocycles. The Hall–Kier alpha value is -3.08. The van der Waals surface area contributed by atoms with Gasteiger partial charge in [0.15, 0.2) is 5.96 Å². The number of hydrogen-bond donors (Lipinski definition) is 4. The summed E-state index contributed by atoms with van der Waals surface area (Å²) in [5.41, 5.74) is 1.88. The molecule has 0 radical (unpaired) electrons. The van der Waals surface area contributed by atoms with Gasteiger partial charge in [0.2, 0.25) is 5.89 Å². The summed E-state index contributed by atoms with van der Waals surface area (Å²) < 4.78 is 5.53. The van der Waals surface area contributed by atoms with Crippen LogP contribution in [-0.2, 0) is 6.54 Å². The summed E-state index contributed by atoms with van der Waals surface area (Å²) in [5, 5.41) is 18.8. The number of rotatable bonds is 8. The number of nitrogens with one attached hydrogen (secondary N) is 3. The summed E-state index contributed by atoms with van der Waals surface area (Å²) in [7, 11) is 0. The maximum Gasteiger partial charge on any atom is 0.255 e. The van der Waals surface area contributed by atoms with E-state index in [1.54, 1.807) is 24.5 Å². The van der Waals surface area contributed by atoms with E-state index in [1.807, 2.05) is 37.3 Å². The number of aromatic hydroxyl groups is 1. The molecule has 1 amide bonds. The molecule has 9 heteroatoms. The lowest BCUT2D eigenvalue weighted by atomic mass is 10.2. The standard InChI is InChI=1S/C22H25N5O3.HI/c1-2-23-22(25-13-12-24-20(29)18-10-6-7-11-19(18)28)26-14-17-15-30-21(27-17)16-8-4-3-5-9-16;/h3-11,15,28H,2,12-14H2,1H3,(H,24,29)(H2,23,25,26);1H. The molecule has 0 spiro atoms. The van der Waals surface area contributed by atoms with Crippen molar-refractivity contribution in [3.8, 4) is 17.2 Å². The van der Waals surface area contributed by atoms with E-state index >= 15 is 0 Å². The number of oxazole rings is 1. The molecule has 0 saturated carbocycles. The van der Waals surface area contributed by atoms with Crippen LogP contribution < -0.4 is 16.0 Å². The van der Waals surface area contributed by atoms with Gasteiger partial charge >= 0.3 is 0 Å². The smallest absolute Gasteiger partial charge is 0.255 e. The highest BCUT2D eigenvalue weighted by molar-refractivity contribution is 14.0. The summed E-state index contributed by atoms with van der Waals surface area (Å²) in [6.07, 6.45) is 1.60. The SMILES string of the molecule is CCNC(=NCc1coc(-c2ccccc2)n1)NCCNC(=O)c1ccccc1O.I. The zero-order valence-corrected chi connectivity index (χ0v) is 19.5. The maximum absolute atomic E-state index is 12.1. The van der Waals surface area contributed by atoms with E-state index in [9.17, 15) is 9.90 Å². The molecular formula is C22H26IN5O3. The van der Waals surface area contributed by atoms with Crippen LogP contribution in [0.5, 0.6) is 5.75 Å². The number of nitrogens with zero attached hydrogens (tertiary/aromatic N) is 2. The molecule has 0 aliphatic rings. The number of halogens is 1. The van der Waals surface area contributed by atoms with Crippen molar-refractivity contribution in [3.63, 3.8) is 0 Å². The molecule has 3 rings (SSSR count). The Morgan fingerprint density at radius 3 is 2.48 bits per heavy atom. The number of carbonyl (C=O) groups excluding carboxylic acids is 1. The Bertz CT molecular complexity index is 992. The Kier molecular flexibility index (Phi) is 9.82. The minimum Gasteiger partial charge on any atom is -0.507 e. The van der Waals surface area contributed by atoms with Crippen molar-refractivity contribution < 1.29 is 14.3 Å². The molecule has 164 valence electrons. The molecule has 0 atom stereocenters. The zero-order chi connectivity index (χ0) is 21.2. The van der Waals surface area contributed by atoms with Crippen LogP contribution in [0, 0.1) is 0 Å². The van der Waals surface area contributed by atoms with E-state index in [0.29, 0.717) is 38.0 Å². The van der Waals surface area contributed by atoms with Crippen LogP contribution in [0.1, 0.15) is 23.0 Å². The van der Waals surface area contributed by atoms with Gasteiger partial charge in [-0.3, -0.25) is 4.79 Å². The van der Waals surface area contributed by atoms with Crippen molar-refractivity contribution in [2.24, 2.45) is 4.99 Å². The second kappa shape index (κ2) is 12.6. The molecular weight excluding hydrogens is 509 g/mol. The minimum atomic E-state index is -0.326. The van der Waals surface area contributed by atoms with Gasteiger partial charge in [0, 0.05) is 25.2 Å². The van der Waals surface area contributed by atoms with Crippen LogP contribution in [0.4, 0.5) is 0 Å². The fourth-order valence-electron chi connectivity index (χ4n) is 2.71. The number of aromatic nitrogens is 1. The van der Waals surface area contributed by atoms with Crippen molar-refractivity contribution >= 4 is 35.8 Å². The second-order valence-corrected chi connectivity index (χ2v) is 6.41. The van der Waals surface area contributed by atoms with Crippen molar-refractivity contribution in [1.29, 1.82) is 0 Å². The fourth-order valence-corrected chi connectivity index (χ4v) is 2.71. The molecule has 0 aliphatic heterocycles. The van der Waals surface area contributed by atoms with Gasteiger partial charge < -0.3 is 25.5 Å². The molecule has 1 aromatic heterocycles. The van der Waals surface area contributed by atoms with Gasteiger partial charge in [-0.15, -0.1) is 24.0 Å². The third-order valence-electron chi connectivity index (χ3n) is 4.17.